The molecular formula is C32H31N5OS. The number of fused-ring (bicyclic) bond motifs is 1. The van der Waals surface area contributed by atoms with Gasteiger partial charge in [0.1, 0.15) is 5.82 Å². The van der Waals surface area contributed by atoms with Crippen LogP contribution < -0.4 is 5.32 Å². The summed E-state index contributed by atoms with van der Waals surface area (Å²) < 4.78 is 2.06. The SMILES string of the molecule is CCCSc1nc(NCc2ccccc2)c2nc(/C=C/C(=O)c3ccc(C)cc3)n(Cc3ccccc3)c2n1. The van der Waals surface area contributed by atoms with Crippen molar-refractivity contribution in [3.05, 3.63) is 119 Å². The standard InChI is InChI=1S/C32H31N5OS/c1-3-20-39-32-35-30(33-21-24-10-6-4-7-11-24)29-31(36-32)37(22-25-12-8-5-9-13-25)28(34-29)19-18-27(38)26-16-14-23(2)15-17-26/h4-19H,3,20-22H2,1-2H3,(H,33,35,36)/b19-18+. The lowest BCUT2D eigenvalue weighted by Crippen LogP contribution is -2.06. The molecule has 5 rings (SSSR count). The summed E-state index contributed by atoms with van der Waals surface area (Å²) in [6.07, 6.45) is 4.40. The van der Waals surface area contributed by atoms with Crippen molar-refractivity contribution in [3.63, 3.8) is 0 Å². The van der Waals surface area contributed by atoms with E-state index in [1.54, 1.807) is 23.9 Å². The van der Waals surface area contributed by atoms with Gasteiger partial charge in [-0.15, -0.1) is 0 Å². The third kappa shape index (κ3) is 6.62. The number of allylic oxidation sites excluding steroid dienone is 1. The monoisotopic (exact) mass is 533 g/mol. The molecule has 2 aromatic heterocycles. The minimum atomic E-state index is -0.0685. The number of aryl methyl sites for hydroxylation is 1. The Morgan fingerprint density at radius 3 is 2.28 bits per heavy atom. The number of imidazole rings is 1. The molecule has 3 aromatic carbocycles. The average molecular weight is 534 g/mol. The number of nitrogens with zero attached hydrogens (tertiary/aromatic N) is 4. The molecule has 0 unspecified atom stereocenters. The molecule has 39 heavy (non-hydrogen) atoms. The van der Waals surface area contributed by atoms with E-state index in [2.05, 4.69) is 41.1 Å². The maximum absolute atomic E-state index is 12.9. The van der Waals surface area contributed by atoms with Crippen LogP contribution in [0, 0.1) is 6.92 Å². The van der Waals surface area contributed by atoms with Gasteiger partial charge in [-0.2, -0.15) is 0 Å². The Hall–Kier alpha value is -4.23. The van der Waals surface area contributed by atoms with Crippen LogP contribution in [0.4, 0.5) is 5.82 Å². The number of benzene rings is 3. The van der Waals surface area contributed by atoms with Gasteiger partial charge in [-0.3, -0.25) is 4.79 Å². The summed E-state index contributed by atoms with van der Waals surface area (Å²) in [6.45, 7) is 5.34. The molecule has 0 aliphatic rings. The second-order valence-corrected chi connectivity index (χ2v) is 10.4. The van der Waals surface area contributed by atoms with E-state index in [0.717, 1.165) is 34.5 Å². The molecule has 2 heterocycles. The van der Waals surface area contributed by atoms with E-state index in [-0.39, 0.29) is 5.78 Å². The zero-order chi connectivity index (χ0) is 27.0. The normalized spacial score (nSPS) is 11.3. The van der Waals surface area contributed by atoms with Gasteiger partial charge in [-0.05, 0) is 36.6 Å². The summed E-state index contributed by atoms with van der Waals surface area (Å²) in [7, 11) is 0. The maximum atomic E-state index is 12.9. The highest BCUT2D eigenvalue weighted by Gasteiger charge is 2.18. The van der Waals surface area contributed by atoms with Crippen molar-refractivity contribution >= 4 is 40.6 Å². The molecule has 0 saturated heterocycles. The van der Waals surface area contributed by atoms with E-state index in [1.807, 2.05) is 67.6 Å². The summed E-state index contributed by atoms with van der Waals surface area (Å²) in [5.41, 5.74) is 5.46. The first-order valence-corrected chi connectivity index (χ1v) is 14.1. The Morgan fingerprint density at radius 1 is 0.897 bits per heavy atom. The summed E-state index contributed by atoms with van der Waals surface area (Å²) in [4.78, 5) is 27.7. The van der Waals surface area contributed by atoms with Crippen LogP contribution in [-0.4, -0.2) is 31.1 Å². The van der Waals surface area contributed by atoms with Gasteiger partial charge in [-0.25, -0.2) is 15.0 Å². The van der Waals surface area contributed by atoms with E-state index in [1.165, 1.54) is 0 Å². The molecule has 0 spiro atoms. The van der Waals surface area contributed by atoms with Crippen molar-refractivity contribution in [2.75, 3.05) is 11.1 Å². The summed E-state index contributed by atoms with van der Waals surface area (Å²) in [6, 6.07) is 28.0. The van der Waals surface area contributed by atoms with Gasteiger partial charge in [0.2, 0.25) is 0 Å². The highest BCUT2D eigenvalue weighted by atomic mass is 32.2. The van der Waals surface area contributed by atoms with Crippen molar-refractivity contribution in [1.82, 2.24) is 19.5 Å². The van der Waals surface area contributed by atoms with Crippen LogP contribution in [0.15, 0.2) is 96.2 Å². The van der Waals surface area contributed by atoms with Crippen LogP contribution in [-0.2, 0) is 13.1 Å². The van der Waals surface area contributed by atoms with Crippen LogP contribution in [0.5, 0.6) is 0 Å². The fraction of sp³-hybridized carbons (Fsp3) is 0.188. The molecule has 0 radical (unpaired) electrons. The molecule has 1 N–H and O–H groups in total. The summed E-state index contributed by atoms with van der Waals surface area (Å²) in [5.74, 6) is 2.20. The van der Waals surface area contributed by atoms with Gasteiger partial charge >= 0.3 is 0 Å². The van der Waals surface area contributed by atoms with E-state index in [4.69, 9.17) is 15.0 Å². The molecule has 0 aliphatic carbocycles. The second kappa shape index (κ2) is 12.5. The second-order valence-electron chi connectivity index (χ2n) is 9.32. The minimum Gasteiger partial charge on any atom is -0.364 e. The number of rotatable bonds is 11. The van der Waals surface area contributed by atoms with E-state index >= 15 is 0 Å². The van der Waals surface area contributed by atoms with Gasteiger partial charge in [0.15, 0.2) is 27.9 Å². The lowest BCUT2D eigenvalue weighted by atomic mass is 10.1. The number of aromatic nitrogens is 4. The average Bonchev–Trinajstić information content (AvgIpc) is 3.32. The lowest BCUT2D eigenvalue weighted by molar-refractivity contribution is 0.104. The van der Waals surface area contributed by atoms with Crippen LogP contribution in [0.3, 0.4) is 0 Å². The number of carbonyl (C=O) groups excluding carboxylic acids is 1. The number of thioether (sulfide) groups is 1. The third-order valence-corrected chi connectivity index (χ3v) is 7.30. The number of carbonyl (C=O) groups is 1. The molecule has 0 fully saturated rings. The molecule has 5 aromatic rings. The predicted molar refractivity (Wildman–Crippen MR) is 160 cm³/mol. The van der Waals surface area contributed by atoms with Crippen molar-refractivity contribution in [2.24, 2.45) is 0 Å². The number of ketones is 1. The van der Waals surface area contributed by atoms with Crippen LogP contribution in [0.2, 0.25) is 0 Å². The summed E-state index contributed by atoms with van der Waals surface area (Å²) in [5, 5.41) is 4.20. The van der Waals surface area contributed by atoms with E-state index in [9.17, 15) is 4.79 Å². The van der Waals surface area contributed by atoms with Crippen molar-refractivity contribution in [3.8, 4) is 0 Å². The molecule has 196 valence electrons. The Bertz CT molecular complexity index is 1580. The zero-order valence-electron chi connectivity index (χ0n) is 22.2. The first-order chi connectivity index (χ1) is 19.1. The molecule has 0 aliphatic heterocycles. The maximum Gasteiger partial charge on any atom is 0.191 e. The Kier molecular flexibility index (Phi) is 8.48. The molecular weight excluding hydrogens is 502 g/mol. The Labute approximate surface area is 233 Å². The minimum absolute atomic E-state index is 0.0685. The highest BCUT2D eigenvalue weighted by molar-refractivity contribution is 7.99. The lowest BCUT2D eigenvalue weighted by Gasteiger charge is -2.10. The zero-order valence-corrected chi connectivity index (χ0v) is 23.0. The molecule has 0 bridgehead atoms. The van der Waals surface area contributed by atoms with E-state index in [0.29, 0.717) is 41.0 Å². The first kappa shape index (κ1) is 26.4. The van der Waals surface area contributed by atoms with Gasteiger partial charge in [-0.1, -0.05) is 109 Å². The molecule has 7 heteroatoms. The molecule has 0 amide bonds. The summed E-state index contributed by atoms with van der Waals surface area (Å²) >= 11 is 1.64. The number of hydrogen-bond acceptors (Lipinski definition) is 6. The fourth-order valence-corrected chi connectivity index (χ4v) is 4.87. The van der Waals surface area contributed by atoms with Crippen LogP contribution in [0.25, 0.3) is 17.2 Å². The van der Waals surface area contributed by atoms with Crippen molar-refractivity contribution in [1.29, 1.82) is 0 Å². The number of anilines is 1. The molecule has 0 atom stereocenters. The van der Waals surface area contributed by atoms with Gasteiger partial charge in [0.25, 0.3) is 0 Å². The largest absolute Gasteiger partial charge is 0.364 e. The molecule has 6 nitrogen and oxygen atoms in total. The van der Waals surface area contributed by atoms with Gasteiger partial charge < -0.3 is 9.88 Å². The Balaban J connectivity index is 1.57. The van der Waals surface area contributed by atoms with Gasteiger partial charge in [0.05, 0.1) is 6.54 Å². The predicted octanol–water partition coefficient (Wildman–Crippen LogP) is 7.19. The topological polar surface area (TPSA) is 72.7 Å². The van der Waals surface area contributed by atoms with Crippen molar-refractivity contribution < 1.29 is 4.79 Å². The number of hydrogen-bond donors (Lipinski definition) is 1. The molecule has 0 saturated carbocycles. The van der Waals surface area contributed by atoms with Gasteiger partial charge in [0, 0.05) is 17.9 Å². The van der Waals surface area contributed by atoms with Crippen molar-refractivity contribution in [2.45, 2.75) is 38.5 Å². The quantitative estimate of drug-likeness (QED) is 0.0838. The van der Waals surface area contributed by atoms with E-state index < -0.39 is 0 Å². The first-order valence-electron chi connectivity index (χ1n) is 13.1. The third-order valence-electron chi connectivity index (χ3n) is 6.25. The van der Waals surface area contributed by atoms with Crippen LogP contribution in [0.1, 0.15) is 46.2 Å². The Morgan fingerprint density at radius 2 is 1.59 bits per heavy atom. The fourth-order valence-electron chi connectivity index (χ4n) is 4.17. The highest BCUT2D eigenvalue weighted by Crippen LogP contribution is 2.27. The van der Waals surface area contributed by atoms with Crippen LogP contribution >= 0.6 is 11.8 Å². The number of nitrogens with one attached hydrogen (secondary N) is 1. The smallest absolute Gasteiger partial charge is 0.191 e.